The van der Waals surface area contributed by atoms with Crippen LogP contribution in [0.25, 0.3) is 0 Å². The fourth-order valence-corrected chi connectivity index (χ4v) is 1.09. The third-order valence-electron chi connectivity index (χ3n) is 1.69. The first-order valence-electron chi connectivity index (χ1n) is 4.04. The second-order valence-corrected chi connectivity index (χ2v) is 2.89. The van der Waals surface area contributed by atoms with Crippen LogP contribution in [0.4, 0.5) is 28.9 Å². The molecule has 0 aliphatic heterocycles. The van der Waals surface area contributed by atoms with E-state index in [-0.39, 0.29) is 0 Å². The standard InChI is InChI=1S/C8H4F4N2O3/c9-7(15)5-2-1-4(13-8(10,11)12)3-6(5)14(16)17/h1-3,13H. The molecule has 0 saturated heterocycles. The number of anilines is 1. The summed E-state index contributed by atoms with van der Waals surface area (Å²) in [5, 5.41) is 11.4. The summed E-state index contributed by atoms with van der Waals surface area (Å²) < 4.78 is 48.1. The average molecular weight is 252 g/mol. The van der Waals surface area contributed by atoms with Gasteiger partial charge >= 0.3 is 12.3 Å². The number of carbonyl (C=O) groups excluding carboxylic acids is 1. The van der Waals surface area contributed by atoms with Gasteiger partial charge in [-0.3, -0.25) is 20.2 Å². The Hall–Kier alpha value is -2.19. The van der Waals surface area contributed by atoms with Crippen LogP contribution in [0.3, 0.4) is 0 Å². The quantitative estimate of drug-likeness (QED) is 0.295. The smallest absolute Gasteiger partial charge is 0.297 e. The number of nitrogens with one attached hydrogen (secondary N) is 1. The SMILES string of the molecule is O=C(F)c1ccc(NC(F)(F)F)cc1[N+](=O)[O-]. The number of carbonyl (C=O) groups is 1. The molecule has 0 amide bonds. The van der Waals surface area contributed by atoms with Gasteiger partial charge in [-0.25, -0.2) is 0 Å². The summed E-state index contributed by atoms with van der Waals surface area (Å²) >= 11 is 0. The molecule has 1 N–H and O–H groups in total. The number of halogens is 4. The van der Waals surface area contributed by atoms with E-state index in [1.54, 1.807) is 0 Å². The largest absolute Gasteiger partial charge is 0.482 e. The minimum absolute atomic E-state index is 0.431. The lowest BCUT2D eigenvalue weighted by molar-refractivity contribution is -0.385. The number of nitro benzene ring substituents is 1. The first-order valence-corrected chi connectivity index (χ1v) is 4.04. The molecule has 0 bridgehead atoms. The molecule has 1 aromatic carbocycles. The molecule has 9 heteroatoms. The van der Waals surface area contributed by atoms with Gasteiger partial charge in [-0.1, -0.05) is 0 Å². The summed E-state index contributed by atoms with van der Waals surface area (Å²) in [4.78, 5) is 19.6. The maximum Gasteiger partial charge on any atom is 0.482 e. The van der Waals surface area contributed by atoms with Gasteiger partial charge in [-0.05, 0) is 12.1 Å². The Morgan fingerprint density at radius 3 is 2.35 bits per heavy atom. The van der Waals surface area contributed by atoms with Crippen LogP contribution >= 0.6 is 0 Å². The summed E-state index contributed by atoms with van der Waals surface area (Å²) in [5.41, 5.74) is -2.59. The Labute approximate surface area is 91.2 Å². The Morgan fingerprint density at radius 2 is 1.94 bits per heavy atom. The molecule has 0 unspecified atom stereocenters. The average Bonchev–Trinajstić information content (AvgIpc) is 2.14. The monoisotopic (exact) mass is 252 g/mol. The molecular weight excluding hydrogens is 248 g/mol. The van der Waals surface area contributed by atoms with Gasteiger partial charge in [0.25, 0.3) is 5.69 Å². The van der Waals surface area contributed by atoms with Gasteiger partial charge in [-0.2, -0.15) is 17.6 Å². The first kappa shape index (κ1) is 12.9. The molecule has 92 valence electrons. The first-order chi connectivity index (χ1) is 7.70. The molecule has 0 heterocycles. The van der Waals surface area contributed by atoms with Gasteiger partial charge < -0.3 is 0 Å². The van der Waals surface area contributed by atoms with Crippen LogP contribution in [-0.4, -0.2) is 17.3 Å². The molecule has 0 fully saturated rings. The van der Waals surface area contributed by atoms with E-state index in [1.807, 2.05) is 0 Å². The Morgan fingerprint density at radius 1 is 1.35 bits per heavy atom. The van der Waals surface area contributed by atoms with Crippen molar-refractivity contribution in [1.82, 2.24) is 0 Å². The van der Waals surface area contributed by atoms with Crippen LogP contribution in [0.15, 0.2) is 18.2 Å². The number of benzene rings is 1. The normalized spacial score (nSPS) is 11.1. The van der Waals surface area contributed by atoms with E-state index in [0.717, 1.165) is 5.32 Å². The fraction of sp³-hybridized carbons (Fsp3) is 0.125. The number of nitrogens with zero attached hydrogens (tertiary/aromatic N) is 1. The summed E-state index contributed by atoms with van der Waals surface area (Å²) in [5.74, 6) is 0. The lowest BCUT2D eigenvalue weighted by Gasteiger charge is -2.09. The molecule has 1 aromatic rings. The number of hydrogen-bond donors (Lipinski definition) is 1. The summed E-state index contributed by atoms with van der Waals surface area (Å²) in [7, 11) is 0. The van der Waals surface area contributed by atoms with E-state index in [2.05, 4.69) is 0 Å². The van der Waals surface area contributed by atoms with Gasteiger partial charge in [0.1, 0.15) is 5.56 Å². The van der Waals surface area contributed by atoms with Crippen molar-refractivity contribution in [3.8, 4) is 0 Å². The predicted octanol–water partition coefficient (Wildman–Crippen LogP) is 2.64. The highest BCUT2D eigenvalue weighted by atomic mass is 19.4. The van der Waals surface area contributed by atoms with E-state index in [9.17, 15) is 32.5 Å². The van der Waals surface area contributed by atoms with Gasteiger partial charge in [0, 0.05) is 11.8 Å². The summed E-state index contributed by atoms with van der Waals surface area (Å²) in [6.45, 7) is 0. The lowest BCUT2D eigenvalue weighted by atomic mass is 10.1. The van der Waals surface area contributed by atoms with E-state index in [4.69, 9.17) is 0 Å². The molecule has 0 radical (unpaired) electrons. The second kappa shape index (κ2) is 4.36. The molecule has 5 nitrogen and oxygen atoms in total. The fourth-order valence-electron chi connectivity index (χ4n) is 1.09. The molecule has 0 atom stereocenters. The molecule has 0 aromatic heterocycles. The topological polar surface area (TPSA) is 72.2 Å². The number of hydrogen-bond acceptors (Lipinski definition) is 4. The van der Waals surface area contributed by atoms with Crippen LogP contribution in [0.1, 0.15) is 10.4 Å². The maximum atomic E-state index is 12.3. The lowest BCUT2D eigenvalue weighted by Crippen LogP contribution is -2.20. The van der Waals surface area contributed by atoms with Gasteiger partial charge in [-0.15, -0.1) is 0 Å². The van der Waals surface area contributed by atoms with Crippen molar-refractivity contribution in [3.63, 3.8) is 0 Å². The number of nitro groups is 1. The van der Waals surface area contributed by atoms with E-state index in [1.165, 1.54) is 0 Å². The highest BCUT2D eigenvalue weighted by molar-refractivity contribution is 5.93. The molecule has 0 aliphatic rings. The third kappa shape index (κ3) is 3.40. The van der Waals surface area contributed by atoms with Crippen molar-refractivity contribution in [3.05, 3.63) is 33.9 Å². The van der Waals surface area contributed by atoms with E-state index >= 15 is 0 Å². The highest BCUT2D eigenvalue weighted by Crippen LogP contribution is 2.27. The molecule has 0 aliphatic carbocycles. The van der Waals surface area contributed by atoms with Crippen molar-refractivity contribution in [2.24, 2.45) is 0 Å². The molecule has 17 heavy (non-hydrogen) atoms. The zero-order valence-electron chi connectivity index (χ0n) is 7.92. The van der Waals surface area contributed by atoms with Crippen LogP contribution < -0.4 is 5.32 Å². The third-order valence-corrected chi connectivity index (χ3v) is 1.69. The Kier molecular flexibility index (Phi) is 3.30. The number of alkyl halides is 3. The van der Waals surface area contributed by atoms with Crippen LogP contribution in [0.2, 0.25) is 0 Å². The molecule has 0 spiro atoms. The number of rotatable bonds is 3. The molecule has 0 saturated carbocycles. The van der Waals surface area contributed by atoms with Crippen LogP contribution in [0, 0.1) is 10.1 Å². The van der Waals surface area contributed by atoms with Crippen molar-refractivity contribution < 1.29 is 27.3 Å². The van der Waals surface area contributed by atoms with Gasteiger partial charge in [0.15, 0.2) is 0 Å². The minimum atomic E-state index is -4.78. The Bertz CT molecular complexity index is 472. The summed E-state index contributed by atoms with van der Waals surface area (Å²) in [6, 6.07) is -0.336. The van der Waals surface area contributed by atoms with Crippen molar-refractivity contribution in [2.45, 2.75) is 6.30 Å². The molecular formula is C8H4F4N2O3. The van der Waals surface area contributed by atoms with E-state index < -0.39 is 34.2 Å². The van der Waals surface area contributed by atoms with Crippen LogP contribution in [0.5, 0.6) is 0 Å². The van der Waals surface area contributed by atoms with Crippen molar-refractivity contribution in [1.29, 1.82) is 0 Å². The summed E-state index contributed by atoms with van der Waals surface area (Å²) in [6.07, 6.45) is -4.78. The zero-order valence-corrected chi connectivity index (χ0v) is 7.92. The maximum absolute atomic E-state index is 12.3. The molecule has 1 rings (SSSR count). The van der Waals surface area contributed by atoms with Gasteiger partial charge in [0.05, 0.1) is 4.92 Å². The highest BCUT2D eigenvalue weighted by Gasteiger charge is 2.29. The minimum Gasteiger partial charge on any atom is -0.297 e. The van der Waals surface area contributed by atoms with Crippen molar-refractivity contribution >= 4 is 17.4 Å². The van der Waals surface area contributed by atoms with E-state index in [0.29, 0.717) is 18.2 Å². The second-order valence-electron chi connectivity index (χ2n) is 2.89. The zero-order chi connectivity index (χ0) is 13.2. The Balaban J connectivity index is 3.19. The van der Waals surface area contributed by atoms with Crippen molar-refractivity contribution in [2.75, 3.05) is 5.32 Å². The predicted molar refractivity (Wildman–Crippen MR) is 48.2 cm³/mol. The van der Waals surface area contributed by atoms with Crippen LogP contribution in [-0.2, 0) is 0 Å². The van der Waals surface area contributed by atoms with Gasteiger partial charge in [0.2, 0.25) is 0 Å².